The number of nitrogens with zero attached hydrogens (tertiary/aromatic N) is 3. The number of rotatable bonds is 3. The van der Waals surface area contributed by atoms with Gasteiger partial charge in [-0.2, -0.15) is 0 Å². The van der Waals surface area contributed by atoms with Crippen LogP contribution >= 0.6 is 11.6 Å². The Morgan fingerprint density at radius 3 is 2.56 bits per heavy atom. The van der Waals surface area contributed by atoms with E-state index in [1.807, 2.05) is 28.8 Å². The monoisotopic (exact) mass is 356 g/mol. The first kappa shape index (κ1) is 15.8. The Bertz CT molecular complexity index is 1070. The van der Waals surface area contributed by atoms with Crippen molar-refractivity contribution < 1.29 is 8.81 Å². The van der Waals surface area contributed by atoms with Crippen molar-refractivity contribution in [2.24, 2.45) is 5.73 Å². The smallest absolute Gasteiger partial charge is 0.266 e. The van der Waals surface area contributed by atoms with E-state index in [4.69, 9.17) is 21.8 Å². The average Bonchev–Trinajstić information content (AvgIpc) is 3.16. The number of halogens is 2. The summed E-state index contributed by atoms with van der Waals surface area (Å²) in [7, 11) is 0. The third-order valence-corrected chi connectivity index (χ3v) is 4.41. The molecular weight excluding hydrogens is 343 g/mol. The van der Waals surface area contributed by atoms with Gasteiger partial charge in [-0.15, -0.1) is 10.2 Å². The van der Waals surface area contributed by atoms with Crippen molar-refractivity contribution in [1.29, 1.82) is 0 Å². The van der Waals surface area contributed by atoms with Crippen LogP contribution in [-0.2, 0) is 6.54 Å². The largest absolute Gasteiger partial charge is 0.420 e. The Morgan fingerprint density at radius 1 is 1.16 bits per heavy atom. The molecule has 0 saturated carbocycles. The lowest BCUT2D eigenvalue weighted by Gasteiger charge is -2.09. The second-order valence-corrected chi connectivity index (χ2v) is 6.03. The summed E-state index contributed by atoms with van der Waals surface area (Å²) < 4.78 is 21.2. The van der Waals surface area contributed by atoms with Crippen molar-refractivity contribution in [1.82, 2.24) is 14.8 Å². The summed E-state index contributed by atoms with van der Waals surface area (Å²) in [4.78, 5) is 0. The SMILES string of the molecule is Cc1nnc(-c2c(Cl)c3cc(F)ccc3n2-c2ccc(CN)cc2)o1. The molecule has 25 heavy (non-hydrogen) atoms. The maximum absolute atomic E-state index is 13.7. The Labute approximate surface area is 147 Å². The van der Waals surface area contributed by atoms with Gasteiger partial charge in [-0.1, -0.05) is 23.7 Å². The van der Waals surface area contributed by atoms with E-state index < -0.39 is 0 Å². The highest BCUT2D eigenvalue weighted by Crippen LogP contribution is 2.39. The van der Waals surface area contributed by atoms with Crippen molar-refractivity contribution in [3.05, 3.63) is 64.8 Å². The number of nitrogens with two attached hydrogens (primary N) is 1. The van der Waals surface area contributed by atoms with Gasteiger partial charge in [-0.3, -0.25) is 0 Å². The van der Waals surface area contributed by atoms with Gasteiger partial charge in [0.2, 0.25) is 5.89 Å². The van der Waals surface area contributed by atoms with E-state index in [1.54, 1.807) is 13.0 Å². The first-order valence-electron chi connectivity index (χ1n) is 7.68. The summed E-state index contributed by atoms with van der Waals surface area (Å²) in [6, 6.07) is 12.2. The fourth-order valence-electron chi connectivity index (χ4n) is 2.86. The molecule has 5 nitrogen and oxygen atoms in total. The minimum atomic E-state index is -0.363. The molecule has 0 saturated heterocycles. The van der Waals surface area contributed by atoms with E-state index in [0.29, 0.717) is 28.5 Å². The van der Waals surface area contributed by atoms with E-state index in [2.05, 4.69) is 10.2 Å². The van der Waals surface area contributed by atoms with Gasteiger partial charge < -0.3 is 14.7 Å². The molecule has 0 aliphatic heterocycles. The molecule has 0 unspecified atom stereocenters. The molecule has 126 valence electrons. The molecule has 4 aromatic rings. The molecule has 0 aliphatic carbocycles. The van der Waals surface area contributed by atoms with Gasteiger partial charge in [0.1, 0.15) is 11.5 Å². The highest BCUT2D eigenvalue weighted by molar-refractivity contribution is 6.38. The van der Waals surface area contributed by atoms with Gasteiger partial charge in [-0.25, -0.2) is 4.39 Å². The van der Waals surface area contributed by atoms with Gasteiger partial charge in [0.25, 0.3) is 5.89 Å². The van der Waals surface area contributed by atoms with Crippen LogP contribution < -0.4 is 5.73 Å². The molecule has 0 radical (unpaired) electrons. The molecule has 2 aromatic heterocycles. The molecule has 0 bridgehead atoms. The topological polar surface area (TPSA) is 69.9 Å². The Balaban J connectivity index is 2.06. The number of aromatic nitrogens is 3. The van der Waals surface area contributed by atoms with Crippen LogP contribution in [-0.4, -0.2) is 14.8 Å². The van der Waals surface area contributed by atoms with Crippen molar-refractivity contribution >= 4 is 22.5 Å². The first-order valence-corrected chi connectivity index (χ1v) is 8.05. The van der Waals surface area contributed by atoms with Crippen molar-refractivity contribution in [2.75, 3.05) is 0 Å². The van der Waals surface area contributed by atoms with E-state index >= 15 is 0 Å². The van der Waals surface area contributed by atoms with Gasteiger partial charge >= 0.3 is 0 Å². The molecule has 2 aromatic carbocycles. The van der Waals surface area contributed by atoms with Crippen molar-refractivity contribution in [3.63, 3.8) is 0 Å². The Morgan fingerprint density at radius 2 is 1.92 bits per heavy atom. The zero-order valence-corrected chi connectivity index (χ0v) is 14.1. The van der Waals surface area contributed by atoms with E-state index in [1.165, 1.54) is 12.1 Å². The minimum absolute atomic E-state index is 0.280. The molecule has 0 amide bonds. The molecule has 0 fully saturated rings. The lowest BCUT2D eigenvalue weighted by molar-refractivity contribution is 0.530. The second kappa shape index (κ2) is 5.98. The third kappa shape index (κ3) is 2.59. The fourth-order valence-corrected chi connectivity index (χ4v) is 3.17. The maximum Gasteiger partial charge on any atom is 0.266 e. The summed E-state index contributed by atoms with van der Waals surface area (Å²) in [5.41, 5.74) is 8.80. The predicted molar refractivity (Wildman–Crippen MR) is 94.2 cm³/mol. The summed E-state index contributed by atoms with van der Waals surface area (Å²) in [6.07, 6.45) is 0. The molecule has 2 N–H and O–H groups in total. The lowest BCUT2D eigenvalue weighted by atomic mass is 10.2. The highest BCUT2D eigenvalue weighted by atomic mass is 35.5. The fraction of sp³-hybridized carbons (Fsp3) is 0.111. The first-order chi connectivity index (χ1) is 12.1. The normalized spacial score (nSPS) is 11.4. The highest BCUT2D eigenvalue weighted by Gasteiger charge is 2.23. The number of fused-ring (bicyclic) bond motifs is 1. The predicted octanol–water partition coefficient (Wildman–Crippen LogP) is 4.24. The summed E-state index contributed by atoms with van der Waals surface area (Å²) in [5, 5.41) is 8.89. The van der Waals surface area contributed by atoms with Crippen LogP contribution in [0.15, 0.2) is 46.9 Å². The molecule has 0 aliphatic rings. The molecule has 7 heteroatoms. The second-order valence-electron chi connectivity index (χ2n) is 5.66. The van der Waals surface area contributed by atoms with Crippen LogP contribution in [0.4, 0.5) is 4.39 Å². The molecule has 0 atom stereocenters. The molecule has 2 heterocycles. The van der Waals surface area contributed by atoms with Gasteiger partial charge in [0.15, 0.2) is 0 Å². The zero-order valence-electron chi connectivity index (χ0n) is 13.3. The maximum atomic E-state index is 13.7. The molecule has 4 rings (SSSR count). The molecular formula is C18H14ClFN4O. The van der Waals surface area contributed by atoms with Crippen LogP contribution in [0.25, 0.3) is 28.2 Å². The standard InChI is InChI=1S/C18H14ClFN4O/c1-10-22-23-18(25-10)17-16(19)14-8-12(20)4-7-15(14)24(17)13-5-2-11(9-21)3-6-13/h2-8H,9,21H2,1H3. The number of benzene rings is 2. The van der Waals surface area contributed by atoms with E-state index in [-0.39, 0.29) is 11.7 Å². The quantitative estimate of drug-likeness (QED) is 0.596. The van der Waals surface area contributed by atoms with E-state index in [0.717, 1.165) is 16.8 Å². The zero-order chi connectivity index (χ0) is 17.6. The Kier molecular flexibility index (Phi) is 3.78. The number of hydrogen-bond donors (Lipinski definition) is 1. The third-order valence-electron chi connectivity index (χ3n) is 4.03. The van der Waals surface area contributed by atoms with Crippen LogP contribution in [0.2, 0.25) is 5.02 Å². The van der Waals surface area contributed by atoms with E-state index in [9.17, 15) is 4.39 Å². The lowest BCUT2D eigenvalue weighted by Crippen LogP contribution is -2.00. The Hall–Kier alpha value is -2.70. The summed E-state index contributed by atoms with van der Waals surface area (Å²) >= 11 is 6.55. The number of aryl methyl sites for hydroxylation is 1. The minimum Gasteiger partial charge on any atom is -0.420 e. The summed E-state index contributed by atoms with van der Waals surface area (Å²) in [5.74, 6) is 0.341. The van der Waals surface area contributed by atoms with Crippen LogP contribution in [0, 0.1) is 12.7 Å². The van der Waals surface area contributed by atoms with Crippen LogP contribution in [0.5, 0.6) is 0 Å². The van der Waals surface area contributed by atoms with Crippen LogP contribution in [0.1, 0.15) is 11.5 Å². The molecule has 0 spiro atoms. The van der Waals surface area contributed by atoms with Crippen molar-refractivity contribution in [2.45, 2.75) is 13.5 Å². The van der Waals surface area contributed by atoms with Gasteiger partial charge in [0, 0.05) is 24.5 Å². The van der Waals surface area contributed by atoms with Crippen molar-refractivity contribution in [3.8, 4) is 17.3 Å². The average molecular weight is 357 g/mol. The summed E-state index contributed by atoms with van der Waals surface area (Å²) in [6.45, 7) is 2.15. The van der Waals surface area contributed by atoms with Crippen LogP contribution in [0.3, 0.4) is 0 Å². The number of hydrogen-bond acceptors (Lipinski definition) is 4. The van der Waals surface area contributed by atoms with Gasteiger partial charge in [-0.05, 0) is 35.9 Å². The van der Waals surface area contributed by atoms with Gasteiger partial charge in [0.05, 0.1) is 10.5 Å².